The highest BCUT2D eigenvalue weighted by atomic mass is 31.1. The second kappa shape index (κ2) is 4.28. The molecule has 0 aromatic carbocycles. The monoisotopic (exact) mass is 229 g/mol. The van der Waals surface area contributed by atoms with Crippen LogP contribution >= 0.6 is 18.5 Å². The Morgan fingerprint density at radius 2 is 2.21 bits per heavy atom. The first-order valence-electron chi connectivity index (χ1n) is 3.85. The number of hydrogen-bond acceptors (Lipinski definition) is 3. The molecule has 0 bridgehead atoms. The van der Waals surface area contributed by atoms with Crippen LogP contribution in [-0.4, -0.2) is 4.98 Å². The number of nitrogens with zero attached hydrogens (tertiary/aromatic N) is 2. The molecule has 2 N–H and O–H groups in total. The normalized spacial score (nSPS) is 11.1. The van der Waals surface area contributed by atoms with Gasteiger partial charge in [0.2, 0.25) is 0 Å². The average molecular weight is 229 g/mol. The molecule has 0 saturated heterocycles. The summed E-state index contributed by atoms with van der Waals surface area (Å²) in [6, 6.07) is 4.95. The van der Waals surface area contributed by atoms with E-state index < -0.39 is 5.15 Å². The summed E-state index contributed by atoms with van der Waals surface area (Å²) in [6.07, 6.45) is 0. The third-order valence-electron chi connectivity index (χ3n) is 1.63. The van der Waals surface area contributed by atoms with Crippen molar-refractivity contribution in [3.05, 3.63) is 29.1 Å². The third-order valence-corrected chi connectivity index (χ3v) is 2.22. The smallest absolute Gasteiger partial charge is 0.177 e. The quantitative estimate of drug-likeness (QED) is 0.776. The fourth-order valence-electron chi connectivity index (χ4n) is 0.959. The van der Waals surface area contributed by atoms with Crippen molar-refractivity contribution >= 4 is 18.5 Å². The first kappa shape index (κ1) is 11.5. The van der Waals surface area contributed by atoms with Crippen molar-refractivity contribution in [2.24, 2.45) is 5.73 Å². The van der Waals surface area contributed by atoms with Crippen LogP contribution in [0.2, 0.25) is 0 Å². The van der Waals surface area contributed by atoms with Gasteiger partial charge in [-0.05, 0) is 17.7 Å². The molecule has 74 valence electrons. The van der Waals surface area contributed by atoms with E-state index in [1.807, 2.05) is 24.5 Å². The molecule has 3 nitrogen and oxygen atoms in total. The van der Waals surface area contributed by atoms with Crippen LogP contribution in [0.15, 0.2) is 12.1 Å². The van der Waals surface area contributed by atoms with Crippen molar-refractivity contribution in [2.45, 2.75) is 11.7 Å². The zero-order valence-corrected chi connectivity index (χ0v) is 9.68. The first-order chi connectivity index (χ1) is 6.47. The van der Waals surface area contributed by atoms with Gasteiger partial charge >= 0.3 is 0 Å². The van der Waals surface area contributed by atoms with E-state index in [1.54, 1.807) is 12.1 Å². The Balaban J connectivity index is 3.26. The number of rotatable bonds is 2. The average Bonchev–Trinajstić information content (AvgIpc) is 2.15. The summed E-state index contributed by atoms with van der Waals surface area (Å²) in [4.78, 5) is 3.84. The largest absolute Gasteiger partial charge is 0.326 e. The summed E-state index contributed by atoms with van der Waals surface area (Å²) in [6.45, 7) is 0.260. The summed E-state index contributed by atoms with van der Waals surface area (Å²) in [7, 11) is 4.00. The second-order valence-corrected chi connectivity index (χ2v) is 5.18. The Kier molecular flexibility index (Phi) is 3.50. The topological polar surface area (TPSA) is 62.7 Å². The van der Waals surface area contributed by atoms with E-state index in [2.05, 4.69) is 4.98 Å². The van der Waals surface area contributed by atoms with Crippen LogP contribution in [0.3, 0.4) is 0 Å². The molecule has 14 heavy (non-hydrogen) atoms. The van der Waals surface area contributed by atoms with E-state index in [9.17, 15) is 4.39 Å². The maximum absolute atomic E-state index is 13.5. The molecule has 0 aliphatic heterocycles. The molecule has 0 amide bonds. The van der Waals surface area contributed by atoms with Crippen LogP contribution < -0.4 is 5.73 Å². The third kappa shape index (κ3) is 2.69. The van der Waals surface area contributed by atoms with E-state index in [4.69, 9.17) is 11.0 Å². The minimum Gasteiger partial charge on any atom is -0.326 e. The van der Waals surface area contributed by atoms with Crippen LogP contribution in [0.1, 0.15) is 17.0 Å². The number of nitriles is 1. The first-order valence-corrected chi connectivity index (χ1v) is 5.01. The number of alkyl halides is 1. The molecule has 6 heteroatoms. The Morgan fingerprint density at radius 1 is 1.57 bits per heavy atom. The maximum Gasteiger partial charge on any atom is 0.177 e. The molecule has 0 aliphatic rings. The van der Waals surface area contributed by atoms with E-state index in [0.717, 1.165) is 0 Å². The minimum atomic E-state index is -1.71. The van der Waals surface area contributed by atoms with Crippen LogP contribution in [0, 0.1) is 11.3 Å². The second-order valence-electron chi connectivity index (χ2n) is 2.83. The Labute approximate surface area is 86.3 Å². The Morgan fingerprint density at radius 3 is 2.64 bits per heavy atom. The van der Waals surface area contributed by atoms with Crippen LogP contribution in [0.5, 0.6) is 0 Å². The van der Waals surface area contributed by atoms with Crippen molar-refractivity contribution in [3.8, 4) is 6.07 Å². The van der Waals surface area contributed by atoms with Gasteiger partial charge in [-0.1, -0.05) is 18.5 Å². The van der Waals surface area contributed by atoms with E-state index in [-0.39, 0.29) is 17.9 Å². The lowest BCUT2D eigenvalue weighted by Gasteiger charge is -2.14. The van der Waals surface area contributed by atoms with Gasteiger partial charge in [0.1, 0.15) is 11.8 Å². The number of pyridine rings is 1. The van der Waals surface area contributed by atoms with E-state index in [1.165, 1.54) is 0 Å². The molecule has 1 rings (SSSR count). The van der Waals surface area contributed by atoms with Crippen molar-refractivity contribution in [2.75, 3.05) is 0 Å². The van der Waals surface area contributed by atoms with Gasteiger partial charge < -0.3 is 5.73 Å². The fourth-order valence-corrected chi connectivity index (χ4v) is 1.25. The molecule has 0 aliphatic carbocycles. The van der Waals surface area contributed by atoms with Crippen molar-refractivity contribution in [3.63, 3.8) is 0 Å². The molecule has 0 radical (unpaired) electrons. The van der Waals surface area contributed by atoms with Crippen LogP contribution in [-0.2, 0) is 11.7 Å². The summed E-state index contributed by atoms with van der Waals surface area (Å²) >= 11 is 0. The maximum atomic E-state index is 13.5. The predicted octanol–water partition coefficient (Wildman–Crippen LogP) is 1.24. The molecule has 0 saturated carbocycles. The predicted molar refractivity (Wildman–Crippen MR) is 59.0 cm³/mol. The lowest BCUT2D eigenvalue weighted by Crippen LogP contribution is -2.08. The Bertz CT molecular complexity index is 381. The summed E-state index contributed by atoms with van der Waals surface area (Å²) in [5.74, 6) is 0. The molecule has 2 atom stereocenters. The molecule has 0 spiro atoms. The summed E-state index contributed by atoms with van der Waals surface area (Å²) in [5, 5.41) is 6.95. The van der Waals surface area contributed by atoms with Gasteiger partial charge in [0.25, 0.3) is 0 Å². The lowest BCUT2D eigenvalue weighted by molar-refractivity contribution is 0.413. The number of nitrogens with two attached hydrogens (primary N) is 1. The van der Waals surface area contributed by atoms with Crippen LogP contribution in [0.25, 0.3) is 0 Å². The molecular weight excluding hydrogens is 219 g/mol. The van der Waals surface area contributed by atoms with Gasteiger partial charge in [-0.2, -0.15) is 5.26 Å². The van der Waals surface area contributed by atoms with Crippen molar-refractivity contribution < 1.29 is 4.39 Å². The van der Waals surface area contributed by atoms with Crippen LogP contribution in [0.4, 0.5) is 4.39 Å². The van der Waals surface area contributed by atoms with Gasteiger partial charge in [-0.3, -0.25) is 0 Å². The van der Waals surface area contributed by atoms with Crippen molar-refractivity contribution in [1.82, 2.24) is 4.98 Å². The summed E-state index contributed by atoms with van der Waals surface area (Å²) in [5.41, 5.74) is 6.45. The Hall–Kier alpha value is -0.610. The number of halogens is 1. The molecule has 1 aromatic heterocycles. The highest BCUT2D eigenvalue weighted by Crippen LogP contribution is 2.39. The molecule has 1 heterocycles. The van der Waals surface area contributed by atoms with E-state index >= 15 is 0 Å². The van der Waals surface area contributed by atoms with Gasteiger partial charge in [0, 0.05) is 6.54 Å². The molecule has 2 unspecified atom stereocenters. The van der Waals surface area contributed by atoms with Gasteiger partial charge in [0.05, 0.1) is 5.69 Å². The SMILES string of the molecule is N#Cc1cc(CN)cc(C(F)(P)P)n1. The van der Waals surface area contributed by atoms with Gasteiger partial charge in [-0.25, -0.2) is 9.37 Å². The summed E-state index contributed by atoms with van der Waals surface area (Å²) < 4.78 is 13.5. The minimum absolute atomic E-state index is 0.173. The van der Waals surface area contributed by atoms with Gasteiger partial charge in [0.15, 0.2) is 5.15 Å². The molecule has 1 aromatic rings. The number of aromatic nitrogens is 1. The highest BCUT2D eigenvalue weighted by Gasteiger charge is 2.22. The molecular formula is C8H10FN3P2. The zero-order chi connectivity index (χ0) is 10.8. The highest BCUT2D eigenvalue weighted by molar-refractivity contribution is 7.38. The van der Waals surface area contributed by atoms with Gasteiger partial charge in [-0.15, -0.1) is 0 Å². The standard InChI is InChI=1S/C8H10FN3P2/c9-8(13,14)7-2-5(3-10)1-6(4-11)12-7/h1-2H,3,10,13-14H2. The molecule has 0 fully saturated rings. The zero-order valence-electron chi connectivity index (χ0n) is 7.37. The van der Waals surface area contributed by atoms with E-state index in [0.29, 0.717) is 5.56 Å². The lowest BCUT2D eigenvalue weighted by atomic mass is 10.2. The van der Waals surface area contributed by atoms with Crippen molar-refractivity contribution in [1.29, 1.82) is 5.26 Å². The number of hydrogen-bond donors (Lipinski definition) is 1. The fraction of sp³-hybridized carbons (Fsp3) is 0.250.